The molecule has 0 radical (unpaired) electrons. The van der Waals surface area contributed by atoms with E-state index < -0.39 is 28.6 Å². The number of methoxy groups -OCH3 is 1. The van der Waals surface area contributed by atoms with E-state index in [1.807, 2.05) is 0 Å². The topological polar surface area (TPSA) is 123 Å². The van der Waals surface area contributed by atoms with E-state index in [2.05, 4.69) is 10.1 Å². The first kappa shape index (κ1) is 18.4. The van der Waals surface area contributed by atoms with E-state index in [4.69, 9.17) is 9.52 Å². The number of rotatable bonds is 7. The van der Waals surface area contributed by atoms with Gasteiger partial charge in [-0.25, -0.2) is 9.59 Å². The van der Waals surface area contributed by atoms with Crippen LogP contribution < -0.4 is 5.32 Å². The predicted molar refractivity (Wildman–Crippen MR) is 88.8 cm³/mol. The van der Waals surface area contributed by atoms with E-state index in [0.29, 0.717) is 11.3 Å². The first-order valence-corrected chi connectivity index (χ1v) is 8.53. The molecule has 0 aliphatic carbocycles. The predicted octanol–water partition coefficient (Wildman–Crippen LogP) is 1.65. The molecule has 1 heterocycles. The van der Waals surface area contributed by atoms with E-state index in [-0.39, 0.29) is 23.0 Å². The van der Waals surface area contributed by atoms with Gasteiger partial charge in [-0.05, 0) is 36.4 Å². The van der Waals surface area contributed by atoms with Gasteiger partial charge in [-0.15, -0.1) is 0 Å². The third kappa shape index (κ3) is 5.28. The minimum Gasteiger partial charge on any atom is -0.475 e. The number of hydrogen-bond acceptors (Lipinski definition) is 6. The first-order chi connectivity index (χ1) is 11.9. The third-order valence-electron chi connectivity index (χ3n) is 3.06. The summed E-state index contributed by atoms with van der Waals surface area (Å²) in [5, 5.41) is 11.3. The number of furan rings is 1. The molecule has 2 rings (SSSR count). The Hall–Kier alpha value is -2.94. The van der Waals surface area contributed by atoms with Crippen molar-refractivity contribution in [2.45, 2.75) is 5.75 Å². The van der Waals surface area contributed by atoms with Gasteiger partial charge < -0.3 is 19.6 Å². The molecule has 0 spiro atoms. The molecule has 0 aliphatic rings. The molecule has 0 fully saturated rings. The Balaban J connectivity index is 1.87. The van der Waals surface area contributed by atoms with Gasteiger partial charge in [-0.3, -0.25) is 9.00 Å². The molecule has 1 unspecified atom stereocenters. The summed E-state index contributed by atoms with van der Waals surface area (Å²) >= 11 is 0. The summed E-state index contributed by atoms with van der Waals surface area (Å²) in [5.74, 6) is -2.55. The van der Waals surface area contributed by atoms with Gasteiger partial charge in [0.15, 0.2) is 0 Å². The van der Waals surface area contributed by atoms with E-state index in [1.54, 1.807) is 0 Å². The van der Waals surface area contributed by atoms with Crippen LogP contribution in [0.5, 0.6) is 0 Å². The summed E-state index contributed by atoms with van der Waals surface area (Å²) < 4.78 is 21.5. The molecule has 9 heteroatoms. The lowest BCUT2D eigenvalue weighted by molar-refractivity contribution is -0.113. The molecule has 8 nitrogen and oxygen atoms in total. The van der Waals surface area contributed by atoms with Crippen LogP contribution >= 0.6 is 0 Å². The van der Waals surface area contributed by atoms with Crippen molar-refractivity contribution in [2.75, 3.05) is 18.2 Å². The molecular weight excluding hydrogens is 350 g/mol. The van der Waals surface area contributed by atoms with Crippen LogP contribution in [0.1, 0.15) is 26.7 Å². The molecule has 2 N–H and O–H groups in total. The lowest BCUT2D eigenvalue weighted by atomic mass is 10.2. The van der Waals surface area contributed by atoms with Crippen LogP contribution in [0.25, 0.3) is 0 Å². The van der Waals surface area contributed by atoms with Crippen LogP contribution in [-0.2, 0) is 26.1 Å². The highest BCUT2D eigenvalue weighted by Gasteiger charge is 2.14. The zero-order chi connectivity index (χ0) is 18.4. The standard InChI is InChI=1S/C16H15NO7S/c1-23-16(21)10-2-4-11(5-3-10)17-14(18)9-25(22)8-12-6-7-13(24-12)15(19)20/h2-7H,8-9H2,1H3,(H,17,18)(H,19,20). The van der Waals surface area contributed by atoms with Gasteiger partial charge in [0, 0.05) is 16.5 Å². The Kier molecular flexibility index (Phi) is 6.07. The molecule has 132 valence electrons. The highest BCUT2D eigenvalue weighted by Crippen LogP contribution is 2.12. The lowest BCUT2D eigenvalue weighted by Crippen LogP contribution is -2.20. The normalized spacial score (nSPS) is 11.6. The van der Waals surface area contributed by atoms with Crippen molar-refractivity contribution < 1.29 is 32.9 Å². The molecule has 1 aromatic heterocycles. The number of hydrogen-bond donors (Lipinski definition) is 2. The minimum atomic E-state index is -1.56. The van der Waals surface area contributed by atoms with Gasteiger partial charge in [0.1, 0.15) is 11.5 Å². The average Bonchev–Trinajstić information content (AvgIpc) is 3.03. The maximum Gasteiger partial charge on any atom is 0.371 e. The van der Waals surface area contributed by atoms with Gasteiger partial charge >= 0.3 is 11.9 Å². The number of amides is 1. The lowest BCUT2D eigenvalue weighted by Gasteiger charge is -2.06. The molecule has 1 amide bonds. The smallest absolute Gasteiger partial charge is 0.371 e. The average molecular weight is 365 g/mol. The number of carboxylic acid groups (broad SMARTS) is 1. The molecule has 1 aromatic carbocycles. The molecule has 2 aromatic rings. The fourth-order valence-electron chi connectivity index (χ4n) is 1.93. The molecule has 0 aliphatic heterocycles. The summed E-state index contributed by atoms with van der Waals surface area (Å²) in [7, 11) is -0.291. The fraction of sp³-hybridized carbons (Fsp3) is 0.188. The summed E-state index contributed by atoms with van der Waals surface area (Å²) in [4.78, 5) is 33.9. The van der Waals surface area contributed by atoms with E-state index in [0.717, 1.165) is 0 Å². The molecule has 0 saturated heterocycles. The largest absolute Gasteiger partial charge is 0.475 e. The number of benzene rings is 1. The maximum absolute atomic E-state index is 12.0. The maximum atomic E-state index is 12.0. The van der Waals surface area contributed by atoms with E-state index in [9.17, 15) is 18.6 Å². The van der Waals surface area contributed by atoms with Crippen molar-refractivity contribution in [3.8, 4) is 0 Å². The molecule has 0 bridgehead atoms. The monoisotopic (exact) mass is 365 g/mol. The number of ether oxygens (including phenoxy) is 1. The Labute approximate surface area is 145 Å². The zero-order valence-corrected chi connectivity index (χ0v) is 14.0. The zero-order valence-electron chi connectivity index (χ0n) is 13.2. The Bertz CT molecular complexity index is 810. The summed E-state index contributed by atoms with van der Waals surface area (Å²) in [5.41, 5.74) is 0.789. The second-order valence-corrected chi connectivity index (χ2v) is 6.37. The highest BCUT2D eigenvalue weighted by atomic mass is 32.2. The number of carbonyl (C=O) groups is 3. The molecular formula is C16H15NO7S. The van der Waals surface area contributed by atoms with Crippen molar-refractivity contribution in [1.82, 2.24) is 0 Å². The van der Waals surface area contributed by atoms with Gasteiger partial charge in [-0.2, -0.15) is 0 Å². The van der Waals surface area contributed by atoms with Crippen molar-refractivity contribution in [3.63, 3.8) is 0 Å². The van der Waals surface area contributed by atoms with Gasteiger partial charge in [0.2, 0.25) is 11.7 Å². The Morgan fingerprint density at radius 2 is 1.84 bits per heavy atom. The number of esters is 1. The number of anilines is 1. The van der Waals surface area contributed by atoms with E-state index >= 15 is 0 Å². The molecule has 1 atom stereocenters. The van der Waals surface area contributed by atoms with Gasteiger partial charge in [0.05, 0.1) is 18.4 Å². The van der Waals surface area contributed by atoms with Crippen LogP contribution in [0, 0.1) is 0 Å². The second-order valence-electron chi connectivity index (χ2n) is 4.92. The van der Waals surface area contributed by atoms with Crippen LogP contribution in [0.3, 0.4) is 0 Å². The van der Waals surface area contributed by atoms with Crippen LogP contribution in [-0.4, -0.2) is 40.0 Å². The van der Waals surface area contributed by atoms with Crippen molar-refractivity contribution in [3.05, 3.63) is 53.5 Å². The van der Waals surface area contributed by atoms with Gasteiger partial charge in [-0.1, -0.05) is 0 Å². The fourth-order valence-corrected chi connectivity index (χ4v) is 2.87. The summed E-state index contributed by atoms with van der Waals surface area (Å²) in [6.07, 6.45) is 0. The van der Waals surface area contributed by atoms with Crippen molar-refractivity contribution in [1.29, 1.82) is 0 Å². The minimum absolute atomic E-state index is 0.0675. The Morgan fingerprint density at radius 1 is 1.16 bits per heavy atom. The van der Waals surface area contributed by atoms with Gasteiger partial charge in [0.25, 0.3) is 0 Å². The summed E-state index contributed by atoms with van der Waals surface area (Å²) in [6, 6.07) is 8.71. The first-order valence-electron chi connectivity index (χ1n) is 7.04. The number of nitrogens with one attached hydrogen (secondary N) is 1. The SMILES string of the molecule is COC(=O)c1ccc(NC(=O)CS(=O)Cc2ccc(C(=O)O)o2)cc1. The second kappa shape index (κ2) is 8.25. The summed E-state index contributed by atoms with van der Waals surface area (Å²) in [6.45, 7) is 0. The Morgan fingerprint density at radius 3 is 2.40 bits per heavy atom. The van der Waals surface area contributed by atoms with Crippen LogP contribution in [0.2, 0.25) is 0 Å². The van der Waals surface area contributed by atoms with Crippen LogP contribution in [0.4, 0.5) is 5.69 Å². The quantitative estimate of drug-likeness (QED) is 0.715. The number of carboxylic acids is 1. The van der Waals surface area contributed by atoms with Crippen LogP contribution in [0.15, 0.2) is 40.8 Å². The molecule has 0 saturated carbocycles. The van der Waals surface area contributed by atoms with Crippen molar-refractivity contribution in [2.24, 2.45) is 0 Å². The van der Waals surface area contributed by atoms with Crippen molar-refractivity contribution >= 4 is 34.3 Å². The number of aromatic carboxylic acids is 1. The molecule has 25 heavy (non-hydrogen) atoms. The highest BCUT2D eigenvalue weighted by molar-refractivity contribution is 7.84. The number of carbonyl (C=O) groups excluding carboxylic acids is 2. The van der Waals surface area contributed by atoms with E-state index in [1.165, 1.54) is 43.5 Å². The third-order valence-corrected chi connectivity index (χ3v) is 4.25.